The molecule has 1 aromatic carbocycles. The highest BCUT2D eigenvalue weighted by Crippen LogP contribution is 2.39. The molecule has 19 heavy (non-hydrogen) atoms. The molecule has 2 nitrogen and oxygen atoms in total. The highest BCUT2D eigenvalue weighted by Gasteiger charge is 2.51. The third-order valence-electron chi connectivity index (χ3n) is 4.12. The largest absolute Gasteiger partial charge is 0.490 e. The molecular weight excluding hydrogens is 235 g/mol. The first kappa shape index (κ1) is 14.4. The van der Waals surface area contributed by atoms with Crippen LogP contribution in [0, 0.1) is 0 Å². The first-order valence-corrected chi connectivity index (χ1v) is 6.97. The van der Waals surface area contributed by atoms with E-state index in [1.165, 1.54) is 11.0 Å². The van der Waals surface area contributed by atoms with E-state index in [0.717, 1.165) is 6.42 Å². The quantitative estimate of drug-likeness (QED) is 0.759. The summed E-state index contributed by atoms with van der Waals surface area (Å²) in [6, 6.07) is 10.3. The molecule has 1 fully saturated rings. The van der Waals surface area contributed by atoms with Crippen molar-refractivity contribution in [3.8, 4) is 0 Å². The molecule has 0 unspecified atom stereocenters. The molecule has 1 saturated heterocycles. The molecule has 0 saturated carbocycles. The molecule has 0 aliphatic carbocycles. The Labute approximate surface area is 117 Å². The fraction of sp³-hybridized carbons (Fsp3) is 0.500. The highest BCUT2D eigenvalue weighted by molar-refractivity contribution is 6.55. The molecule has 0 radical (unpaired) electrons. The van der Waals surface area contributed by atoms with Gasteiger partial charge in [0.05, 0.1) is 11.2 Å². The molecule has 0 bridgehead atoms. The third kappa shape index (κ3) is 2.93. The standard InChI is InChI=1S/C16H23BO2/c1-6-14(12-13-10-8-7-9-11-13)17-18-15(2,3)16(4,5)19-17/h7-12H,6H2,1-5H3. The number of allylic oxidation sites excluding steroid dienone is 1. The van der Waals surface area contributed by atoms with Gasteiger partial charge in [0.1, 0.15) is 0 Å². The molecule has 1 aromatic rings. The summed E-state index contributed by atoms with van der Waals surface area (Å²) in [5.41, 5.74) is 1.82. The number of hydrogen-bond acceptors (Lipinski definition) is 2. The Hall–Kier alpha value is -1.06. The molecule has 1 aliphatic heterocycles. The summed E-state index contributed by atoms with van der Waals surface area (Å²) in [6.45, 7) is 10.5. The Morgan fingerprint density at radius 3 is 2.05 bits per heavy atom. The molecule has 0 atom stereocenters. The van der Waals surface area contributed by atoms with E-state index in [1.54, 1.807) is 0 Å². The third-order valence-corrected chi connectivity index (χ3v) is 4.12. The van der Waals surface area contributed by atoms with Gasteiger partial charge in [-0.1, -0.05) is 43.3 Å². The van der Waals surface area contributed by atoms with E-state index in [9.17, 15) is 0 Å². The Morgan fingerprint density at radius 2 is 1.58 bits per heavy atom. The van der Waals surface area contributed by atoms with Gasteiger partial charge in [0.2, 0.25) is 0 Å². The zero-order valence-corrected chi connectivity index (χ0v) is 12.6. The van der Waals surface area contributed by atoms with Crippen LogP contribution in [-0.4, -0.2) is 18.3 Å². The van der Waals surface area contributed by atoms with Crippen LogP contribution in [0.1, 0.15) is 46.6 Å². The molecule has 0 aromatic heterocycles. The van der Waals surface area contributed by atoms with Gasteiger partial charge < -0.3 is 9.31 Å². The molecular formula is C16H23BO2. The van der Waals surface area contributed by atoms with Crippen molar-refractivity contribution in [1.29, 1.82) is 0 Å². The van der Waals surface area contributed by atoms with Gasteiger partial charge >= 0.3 is 7.12 Å². The van der Waals surface area contributed by atoms with Gasteiger partial charge in [0.15, 0.2) is 0 Å². The minimum atomic E-state index is -0.275. The topological polar surface area (TPSA) is 18.5 Å². The lowest BCUT2D eigenvalue weighted by molar-refractivity contribution is 0.00578. The zero-order chi connectivity index (χ0) is 14.1. The molecule has 2 rings (SSSR count). The predicted molar refractivity (Wildman–Crippen MR) is 80.8 cm³/mol. The molecule has 0 amide bonds. The van der Waals surface area contributed by atoms with Gasteiger partial charge in [-0.3, -0.25) is 0 Å². The van der Waals surface area contributed by atoms with Gasteiger partial charge in [-0.15, -0.1) is 0 Å². The molecule has 0 N–H and O–H groups in total. The maximum atomic E-state index is 6.10. The van der Waals surface area contributed by atoms with Crippen molar-refractivity contribution in [2.45, 2.75) is 52.2 Å². The lowest BCUT2D eigenvalue weighted by atomic mass is 9.75. The first-order valence-electron chi connectivity index (χ1n) is 6.97. The van der Waals surface area contributed by atoms with Gasteiger partial charge in [0, 0.05) is 0 Å². The van der Waals surface area contributed by atoms with Gasteiger partial charge in [0.25, 0.3) is 0 Å². The van der Waals surface area contributed by atoms with Crippen molar-refractivity contribution in [2.24, 2.45) is 0 Å². The fourth-order valence-corrected chi connectivity index (χ4v) is 2.09. The monoisotopic (exact) mass is 258 g/mol. The minimum absolute atomic E-state index is 0.241. The molecule has 102 valence electrons. The van der Waals surface area contributed by atoms with Crippen LogP contribution in [0.2, 0.25) is 0 Å². The van der Waals surface area contributed by atoms with E-state index in [2.05, 4.69) is 52.8 Å². The van der Waals surface area contributed by atoms with Gasteiger partial charge in [-0.2, -0.15) is 0 Å². The van der Waals surface area contributed by atoms with Crippen LogP contribution in [0.5, 0.6) is 0 Å². The Bertz CT molecular complexity index is 447. The van der Waals surface area contributed by atoms with E-state index >= 15 is 0 Å². The van der Waals surface area contributed by atoms with Crippen molar-refractivity contribution in [1.82, 2.24) is 0 Å². The summed E-state index contributed by atoms with van der Waals surface area (Å²) in [4.78, 5) is 0. The van der Waals surface area contributed by atoms with Crippen LogP contribution in [0.25, 0.3) is 6.08 Å². The average Bonchev–Trinajstić information content (AvgIpc) is 2.56. The smallest absolute Gasteiger partial charge is 0.400 e. The van der Waals surface area contributed by atoms with Crippen LogP contribution in [-0.2, 0) is 9.31 Å². The molecule has 1 aliphatic rings. The normalized spacial score (nSPS) is 21.7. The lowest BCUT2D eigenvalue weighted by Crippen LogP contribution is -2.41. The SMILES string of the molecule is CCC(=Cc1ccccc1)B1OC(C)(C)C(C)(C)O1. The van der Waals surface area contributed by atoms with Crippen LogP contribution >= 0.6 is 0 Å². The van der Waals surface area contributed by atoms with Gasteiger partial charge in [-0.25, -0.2) is 0 Å². The van der Waals surface area contributed by atoms with Crippen LogP contribution in [0.3, 0.4) is 0 Å². The maximum Gasteiger partial charge on any atom is 0.490 e. The van der Waals surface area contributed by atoms with E-state index in [-0.39, 0.29) is 18.3 Å². The Balaban J connectivity index is 2.23. The van der Waals surface area contributed by atoms with E-state index in [1.807, 2.05) is 18.2 Å². The molecule has 0 spiro atoms. The van der Waals surface area contributed by atoms with Crippen LogP contribution < -0.4 is 0 Å². The van der Waals surface area contributed by atoms with E-state index < -0.39 is 0 Å². The Morgan fingerprint density at radius 1 is 1.05 bits per heavy atom. The zero-order valence-electron chi connectivity index (χ0n) is 12.6. The van der Waals surface area contributed by atoms with Crippen molar-refractivity contribution in [2.75, 3.05) is 0 Å². The summed E-state index contributed by atoms with van der Waals surface area (Å²) < 4.78 is 12.2. The van der Waals surface area contributed by atoms with Gasteiger partial charge in [-0.05, 0) is 45.2 Å². The highest BCUT2D eigenvalue weighted by atomic mass is 16.7. The summed E-state index contributed by atoms with van der Waals surface area (Å²) in [7, 11) is -0.241. The first-order chi connectivity index (χ1) is 8.86. The summed E-state index contributed by atoms with van der Waals surface area (Å²) >= 11 is 0. The summed E-state index contributed by atoms with van der Waals surface area (Å²) in [6.07, 6.45) is 3.09. The minimum Gasteiger partial charge on any atom is -0.400 e. The second-order valence-electron chi connectivity index (χ2n) is 6.07. The predicted octanol–water partition coefficient (Wildman–Crippen LogP) is 4.11. The molecule has 3 heteroatoms. The maximum absolute atomic E-state index is 6.10. The second kappa shape index (κ2) is 5.14. The van der Waals surface area contributed by atoms with Crippen LogP contribution in [0.4, 0.5) is 0 Å². The van der Waals surface area contributed by atoms with E-state index in [4.69, 9.17) is 9.31 Å². The van der Waals surface area contributed by atoms with E-state index in [0.29, 0.717) is 0 Å². The molecule has 1 heterocycles. The Kier molecular flexibility index (Phi) is 3.89. The van der Waals surface area contributed by atoms with Crippen molar-refractivity contribution < 1.29 is 9.31 Å². The lowest BCUT2D eigenvalue weighted by Gasteiger charge is -2.32. The summed E-state index contributed by atoms with van der Waals surface area (Å²) in [5, 5.41) is 0. The van der Waals surface area contributed by atoms with Crippen molar-refractivity contribution >= 4 is 13.2 Å². The average molecular weight is 258 g/mol. The van der Waals surface area contributed by atoms with Crippen LogP contribution in [0.15, 0.2) is 35.8 Å². The fourth-order valence-electron chi connectivity index (χ4n) is 2.09. The van der Waals surface area contributed by atoms with Crippen molar-refractivity contribution in [3.05, 3.63) is 41.4 Å². The number of rotatable bonds is 3. The number of benzene rings is 1. The second-order valence-corrected chi connectivity index (χ2v) is 6.07. The van der Waals surface area contributed by atoms with Crippen molar-refractivity contribution in [3.63, 3.8) is 0 Å². The summed E-state index contributed by atoms with van der Waals surface area (Å²) in [5.74, 6) is 0. The number of hydrogen-bond donors (Lipinski definition) is 0.